The molecule has 4 heterocycles. The van der Waals surface area contributed by atoms with Gasteiger partial charge in [-0.05, 0) is 25.5 Å². The van der Waals surface area contributed by atoms with Crippen LogP contribution in [-0.4, -0.2) is 62.0 Å². The number of carbonyl (C=O) groups excluding carboxylic acids is 1. The molecule has 0 N–H and O–H groups in total. The van der Waals surface area contributed by atoms with Crippen LogP contribution in [0.3, 0.4) is 0 Å². The highest BCUT2D eigenvalue weighted by Gasteiger charge is 2.49. The summed E-state index contributed by atoms with van der Waals surface area (Å²) < 4.78 is 1.65. The fourth-order valence-corrected chi connectivity index (χ4v) is 3.72. The van der Waals surface area contributed by atoms with Gasteiger partial charge in [0.2, 0.25) is 0 Å². The van der Waals surface area contributed by atoms with Gasteiger partial charge in [0.05, 0.1) is 6.20 Å². The van der Waals surface area contributed by atoms with Gasteiger partial charge in [0.15, 0.2) is 5.65 Å². The number of aromatic nitrogens is 3. The molecule has 6 nitrogen and oxygen atoms in total. The number of hydrogen-bond acceptors (Lipinski definition) is 4. The highest BCUT2D eigenvalue weighted by atomic mass is 16.2. The maximum Gasteiger partial charge on any atom is 0.259 e. The monoisotopic (exact) mass is 285 g/mol. The molecule has 110 valence electrons. The van der Waals surface area contributed by atoms with Crippen molar-refractivity contribution in [2.24, 2.45) is 0 Å². The number of amides is 1. The van der Waals surface area contributed by atoms with Crippen LogP contribution in [0.25, 0.3) is 5.65 Å². The van der Waals surface area contributed by atoms with Crippen molar-refractivity contribution in [2.75, 3.05) is 26.2 Å². The van der Waals surface area contributed by atoms with Crippen molar-refractivity contribution in [3.05, 3.63) is 30.2 Å². The topological polar surface area (TPSA) is 53.7 Å². The second-order valence-corrected chi connectivity index (χ2v) is 5.98. The SMILES string of the molecule is CCN1CCC12CCN(C(=O)c1cnn3cccnc13)C2. The summed E-state index contributed by atoms with van der Waals surface area (Å²) in [6.07, 6.45) is 7.43. The minimum atomic E-state index is 0.0588. The third kappa shape index (κ3) is 1.78. The van der Waals surface area contributed by atoms with Crippen molar-refractivity contribution < 1.29 is 4.79 Å². The Bertz CT molecular complexity index is 694. The lowest BCUT2D eigenvalue weighted by Crippen LogP contribution is -2.61. The van der Waals surface area contributed by atoms with E-state index in [-0.39, 0.29) is 11.4 Å². The summed E-state index contributed by atoms with van der Waals surface area (Å²) in [6, 6.07) is 1.81. The smallest absolute Gasteiger partial charge is 0.259 e. The Hall–Kier alpha value is -1.95. The Morgan fingerprint density at radius 2 is 2.24 bits per heavy atom. The maximum absolute atomic E-state index is 12.8. The fraction of sp³-hybridized carbons (Fsp3) is 0.533. The summed E-state index contributed by atoms with van der Waals surface area (Å²) in [4.78, 5) is 21.5. The molecule has 0 bridgehead atoms. The molecule has 1 amide bonds. The van der Waals surface area contributed by atoms with Gasteiger partial charge in [0, 0.05) is 37.6 Å². The molecule has 21 heavy (non-hydrogen) atoms. The van der Waals surface area contributed by atoms with Gasteiger partial charge in [-0.2, -0.15) is 5.10 Å². The van der Waals surface area contributed by atoms with Crippen LogP contribution in [0.2, 0.25) is 0 Å². The van der Waals surface area contributed by atoms with Crippen molar-refractivity contribution in [3.8, 4) is 0 Å². The molecule has 1 spiro atoms. The van der Waals surface area contributed by atoms with E-state index in [0.29, 0.717) is 11.2 Å². The largest absolute Gasteiger partial charge is 0.337 e. The minimum Gasteiger partial charge on any atom is -0.337 e. The molecule has 0 saturated carbocycles. The van der Waals surface area contributed by atoms with Gasteiger partial charge in [0.25, 0.3) is 5.91 Å². The molecular formula is C15H19N5O. The van der Waals surface area contributed by atoms with E-state index in [0.717, 1.165) is 32.6 Å². The second-order valence-electron chi connectivity index (χ2n) is 5.98. The van der Waals surface area contributed by atoms with Crippen LogP contribution >= 0.6 is 0 Å². The van der Waals surface area contributed by atoms with E-state index in [1.807, 2.05) is 17.2 Å². The van der Waals surface area contributed by atoms with Crippen LogP contribution in [0.1, 0.15) is 30.1 Å². The predicted molar refractivity (Wildman–Crippen MR) is 78.1 cm³/mol. The van der Waals surface area contributed by atoms with E-state index in [1.54, 1.807) is 16.9 Å². The standard InChI is InChI=1S/C15H19N5O/c1-2-19-9-5-15(19)4-8-18(11-15)14(21)12-10-17-20-7-3-6-16-13(12)20/h3,6-7,10H,2,4-5,8-9,11H2,1H3. The van der Waals surface area contributed by atoms with Crippen molar-refractivity contribution in [1.82, 2.24) is 24.4 Å². The first-order valence-electron chi connectivity index (χ1n) is 7.56. The first-order chi connectivity index (χ1) is 10.2. The van der Waals surface area contributed by atoms with Gasteiger partial charge in [-0.25, -0.2) is 9.50 Å². The van der Waals surface area contributed by atoms with Crippen LogP contribution < -0.4 is 0 Å². The van der Waals surface area contributed by atoms with Gasteiger partial charge >= 0.3 is 0 Å². The van der Waals surface area contributed by atoms with E-state index >= 15 is 0 Å². The molecular weight excluding hydrogens is 266 g/mol. The lowest BCUT2D eigenvalue weighted by atomic mass is 9.84. The molecule has 2 aliphatic rings. The van der Waals surface area contributed by atoms with Gasteiger partial charge in [-0.1, -0.05) is 6.92 Å². The quantitative estimate of drug-likeness (QED) is 0.827. The Kier molecular flexibility index (Phi) is 2.75. The van der Waals surface area contributed by atoms with Crippen LogP contribution in [0.15, 0.2) is 24.7 Å². The highest BCUT2D eigenvalue weighted by molar-refractivity contribution is 5.99. The molecule has 1 unspecified atom stereocenters. The summed E-state index contributed by atoms with van der Waals surface area (Å²) in [5.74, 6) is 0.0588. The molecule has 0 aliphatic carbocycles. The number of rotatable bonds is 2. The van der Waals surface area contributed by atoms with Crippen LogP contribution in [0.4, 0.5) is 0 Å². The number of nitrogens with zero attached hydrogens (tertiary/aromatic N) is 5. The predicted octanol–water partition coefficient (Wildman–Crippen LogP) is 1.04. The normalized spacial score (nSPS) is 25.7. The van der Waals surface area contributed by atoms with E-state index in [9.17, 15) is 4.79 Å². The van der Waals surface area contributed by atoms with Crippen molar-refractivity contribution in [2.45, 2.75) is 25.3 Å². The van der Waals surface area contributed by atoms with E-state index in [2.05, 4.69) is 21.9 Å². The molecule has 6 heteroatoms. The van der Waals surface area contributed by atoms with Gasteiger partial charge in [0.1, 0.15) is 5.56 Å². The number of likely N-dealkylation sites (tertiary alicyclic amines) is 2. The first kappa shape index (κ1) is 12.8. The lowest BCUT2D eigenvalue weighted by Gasteiger charge is -2.50. The molecule has 1 atom stereocenters. The summed E-state index contributed by atoms with van der Waals surface area (Å²) in [5.41, 5.74) is 1.49. The lowest BCUT2D eigenvalue weighted by molar-refractivity contribution is -0.000750. The third-order valence-corrected chi connectivity index (χ3v) is 5.03. The summed E-state index contributed by atoms with van der Waals surface area (Å²) in [6.45, 7) is 6.10. The third-order valence-electron chi connectivity index (χ3n) is 5.03. The zero-order valence-corrected chi connectivity index (χ0v) is 12.2. The minimum absolute atomic E-state index is 0.0588. The molecule has 0 aromatic carbocycles. The van der Waals surface area contributed by atoms with Crippen molar-refractivity contribution in [1.29, 1.82) is 0 Å². The van der Waals surface area contributed by atoms with Crippen molar-refractivity contribution in [3.63, 3.8) is 0 Å². The number of likely N-dealkylation sites (N-methyl/N-ethyl adjacent to an activating group) is 1. The van der Waals surface area contributed by atoms with E-state index < -0.39 is 0 Å². The molecule has 2 aliphatic heterocycles. The molecule has 2 fully saturated rings. The second kappa shape index (κ2) is 4.53. The molecule has 2 saturated heterocycles. The number of hydrogen-bond donors (Lipinski definition) is 0. The zero-order valence-electron chi connectivity index (χ0n) is 12.2. The van der Waals surface area contributed by atoms with E-state index in [1.165, 1.54) is 6.42 Å². The molecule has 0 radical (unpaired) electrons. The molecule has 2 aromatic rings. The Morgan fingerprint density at radius 3 is 3.00 bits per heavy atom. The average molecular weight is 285 g/mol. The van der Waals surface area contributed by atoms with Gasteiger partial charge in [-0.3, -0.25) is 9.69 Å². The number of carbonyl (C=O) groups is 1. The van der Waals surface area contributed by atoms with Gasteiger partial charge < -0.3 is 4.90 Å². The fourth-order valence-electron chi connectivity index (χ4n) is 3.72. The van der Waals surface area contributed by atoms with Gasteiger partial charge in [-0.15, -0.1) is 0 Å². The summed E-state index contributed by atoms with van der Waals surface area (Å²) in [5, 5.41) is 4.21. The molecule has 2 aromatic heterocycles. The Morgan fingerprint density at radius 1 is 1.38 bits per heavy atom. The number of fused-ring (bicyclic) bond motifs is 1. The van der Waals surface area contributed by atoms with Crippen LogP contribution in [0.5, 0.6) is 0 Å². The first-order valence-corrected chi connectivity index (χ1v) is 7.56. The van der Waals surface area contributed by atoms with E-state index in [4.69, 9.17) is 0 Å². The van der Waals surface area contributed by atoms with Crippen molar-refractivity contribution >= 4 is 11.6 Å². The summed E-state index contributed by atoms with van der Waals surface area (Å²) in [7, 11) is 0. The van der Waals surface area contributed by atoms with Crippen LogP contribution in [0, 0.1) is 0 Å². The Labute approximate surface area is 123 Å². The Balaban J connectivity index is 1.59. The zero-order chi connectivity index (χ0) is 14.4. The average Bonchev–Trinajstić information content (AvgIpc) is 3.12. The maximum atomic E-state index is 12.8. The van der Waals surface area contributed by atoms with Crippen LogP contribution in [-0.2, 0) is 0 Å². The highest BCUT2D eigenvalue weighted by Crippen LogP contribution is 2.39. The summed E-state index contributed by atoms with van der Waals surface area (Å²) >= 11 is 0. The molecule has 4 rings (SSSR count).